The van der Waals surface area contributed by atoms with Gasteiger partial charge in [-0.3, -0.25) is 0 Å². The van der Waals surface area contributed by atoms with Crippen LogP contribution in [0.5, 0.6) is 11.5 Å². The summed E-state index contributed by atoms with van der Waals surface area (Å²) in [6, 6.07) is 14.0. The lowest BCUT2D eigenvalue weighted by molar-refractivity contribution is 0.243. The first-order valence-corrected chi connectivity index (χ1v) is 7.85. The summed E-state index contributed by atoms with van der Waals surface area (Å²) in [7, 11) is 3.27. The Bertz CT molecular complexity index is 588. The topological polar surface area (TPSA) is 50.7 Å². The molecule has 0 bridgehead atoms. The van der Waals surface area contributed by atoms with E-state index in [4.69, 9.17) is 9.47 Å². The van der Waals surface area contributed by atoms with Gasteiger partial charge in [0.05, 0.1) is 26.9 Å². The molecule has 4 heteroatoms. The van der Waals surface area contributed by atoms with Crippen LogP contribution in [-0.4, -0.2) is 25.9 Å². The van der Waals surface area contributed by atoms with E-state index in [1.807, 2.05) is 18.2 Å². The molecule has 0 heterocycles. The van der Waals surface area contributed by atoms with Crippen molar-refractivity contribution in [2.75, 3.05) is 20.8 Å². The second kappa shape index (κ2) is 8.56. The van der Waals surface area contributed by atoms with E-state index in [1.54, 1.807) is 14.2 Å². The van der Waals surface area contributed by atoms with Gasteiger partial charge in [0.15, 0.2) is 0 Å². The molecule has 0 saturated heterocycles. The van der Waals surface area contributed by atoms with Crippen LogP contribution in [-0.2, 0) is 13.0 Å². The fourth-order valence-corrected chi connectivity index (χ4v) is 2.48. The number of nitrogens with one attached hydrogen (secondary N) is 1. The molecule has 2 aromatic carbocycles. The molecule has 0 aliphatic rings. The highest BCUT2D eigenvalue weighted by molar-refractivity contribution is 5.38. The Labute approximate surface area is 138 Å². The fourth-order valence-electron chi connectivity index (χ4n) is 2.48. The molecule has 0 saturated carbocycles. The summed E-state index contributed by atoms with van der Waals surface area (Å²) in [6.07, 6.45) is 1.01. The molecule has 1 atom stereocenters. The smallest absolute Gasteiger partial charge is 0.122 e. The minimum Gasteiger partial charge on any atom is -0.497 e. The molecule has 0 aliphatic heterocycles. The maximum Gasteiger partial charge on any atom is 0.122 e. The predicted octanol–water partition coefficient (Wildman–Crippen LogP) is 3.09. The van der Waals surface area contributed by atoms with E-state index in [0.29, 0.717) is 6.54 Å². The summed E-state index contributed by atoms with van der Waals surface area (Å²) in [5.74, 6) is 1.52. The summed E-state index contributed by atoms with van der Waals surface area (Å²) in [4.78, 5) is 0. The third-order valence-corrected chi connectivity index (χ3v) is 3.94. The van der Waals surface area contributed by atoms with E-state index < -0.39 is 0 Å². The molecule has 2 aromatic rings. The normalized spacial score (nSPS) is 12.0. The molecule has 124 valence electrons. The Morgan fingerprint density at radius 3 is 2.04 bits per heavy atom. The van der Waals surface area contributed by atoms with Crippen LogP contribution in [0, 0.1) is 0 Å². The minimum atomic E-state index is -0.0990. The van der Waals surface area contributed by atoms with E-state index in [9.17, 15) is 5.11 Å². The lowest BCUT2D eigenvalue weighted by Gasteiger charge is -2.18. The summed E-state index contributed by atoms with van der Waals surface area (Å²) in [5.41, 5.74) is 3.42. The van der Waals surface area contributed by atoms with Gasteiger partial charge in [-0.25, -0.2) is 0 Å². The summed E-state index contributed by atoms with van der Waals surface area (Å²) in [6.45, 7) is 2.80. The Balaban J connectivity index is 2.07. The van der Waals surface area contributed by atoms with Crippen molar-refractivity contribution in [3.63, 3.8) is 0 Å². The van der Waals surface area contributed by atoms with E-state index in [2.05, 4.69) is 36.5 Å². The second-order valence-electron chi connectivity index (χ2n) is 5.43. The van der Waals surface area contributed by atoms with Crippen molar-refractivity contribution in [2.45, 2.75) is 25.9 Å². The largest absolute Gasteiger partial charge is 0.497 e. The van der Waals surface area contributed by atoms with Crippen molar-refractivity contribution in [3.8, 4) is 11.5 Å². The van der Waals surface area contributed by atoms with E-state index >= 15 is 0 Å². The highest BCUT2D eigenvalue weighted by Crippen LogP contribution is 2.23. The van der Waals surface area contributed by atoms with Crippen molar-refractivity contribution < 1.29 is 14.6 Å². The fraction of sp³-hybridized carbons (Fsp3) is 0.368. The number of rotatable bonds is 8. The highest BCUT2D eigenvalue weighted by atomic mass is 16.5. The number of aliphatic hydroxyl groups excluding tert-OH is 1. The number of aliphatic hydroxyl groups is 1. The Hall–Kier alpha value is -2.04. The third-order valence-electron chi connectivity index (χ3n) is 3.94. The van der Waals surface area contributed by atoms with Crippen LogP contribution in [0.25, 0.3) is 0 Å². The minimum absolute atomic E-state index is 0.0482. The number of hydrogen-bond acceptors (Lipinski definition) is 4. The van der Waals surface area contributed by atoms with Gasteiger partial charge in [0.1, 0.15) is 11.5 Å². The molecule has 2 N–H and O–H groups in total. The van der Waals surface area contributed by atoms with Crippen LogP contribution in [0.3, 0.4) is 0 Å². The Morgan fingerprint density at radius 1 is 0.957 bits per heavy atom. The third kappa shape index (κ3) is 4.71. The number of benzene rings is 2. The van der Waals surface area contributed by atoms with Crippen molar-refractivity contribution in [1.82, 2.24) is 5.32 Å². The van der Waals surface area contributed by atoms with Gasteiger partial charge in [-0.05, 0) is 35.2 Å². The SMILES string of the molecule is CCc1ccc(C(CO)NCc2cc(OC)cc(OC)c2)cc1. The Kier molecular flexibility index (Phi) is 6.44. The monoisotopic (exact) mass is 315 g/mol. The molecule has 0 spiro atoms. The number of ether oxygens (including phenoxy) is 2. The first-order valence-electron chi connectivity index (χ1n) is 7.85. The van der Waals surface area contributed by atoms with E-state index in [0.717, 1.165) is 29.0 Å². The molecule has 23 heavy (non-hydrogen) atoms. The average Bonchev–Trinajstić information content (AvgIpc) is 2.62. The van der Waals surface area contributed by atoms with Gasteiger partial charge in [-0.15, -0.1) is 0 Å². The van der Waals surface area contributed by atoms with Crippen LogP contribution in [0.2, 0.25) is 0 Å². The van der Waals surface area contributed by atoms with E-state index in [1.165, 1.54) is 5.56 Å². The highest BCUT2D eigenvalue weighted by Gasteiger charge is 2.10. The van der Waals surface area contributed by atoms with Gasteiger partial charge in [0, 0.05) is 12.6 Å². The van der Waals surface area contributed by atoms with Crippen molar-refractivity contribution in [3.05, 3.63) is 59.2 Å². The molecule has 2 rings (SSSR count). The van der Waals surface area contributed by atoms with Crippen LogP contribution >= 0.6 is 0 Å². The second-order valence-corrected chi connectivity index (χ2v) is 5.43. The molecule has 0 aromatic heterocycles. The molecular weight excluding hydrogens is 290 g/mol. The number of aryl methyl sites for hydroxylation is 1. The average molecular weight is 315 g/mol. The van der Waals surface area contributed by atoms with Crippen LogP contribution in [0.4, 0.5) is 0 Å². The molecule has 0 fully saturated rings. The van der Waals surface area contributed by atoms with Crippen molar-refractivity contribution in [1.29, 1.82) is 0 Å². The number of hydrogen-bond donors (Lipinski definition) is 2. The maximum atomic E-state index is 9.67. The zero-order valence-corrected chi connectivity index (χ0v) is 14.0. The first kappa shape index (κ1) is 17.3. The van der Waals surface area contributed by atoms with E-state index in [-0.39, 0.29) is 12.6 Å². The summed E-state index contributed by atoms with van der Waals surface area (Å²) >= 11 is 0. The number of methoxy groups -OCH3 is 2. The van der Waals surface area contributed by atoms with Gasteiger partial charge in [-0.2, -0.15) is 0 Å². The zero-order valence-electron chi connectivity index (χ0n) is 14.0. The van der Waals surface area contributed by atoms with Crippen molar-refractivity contribution >= 4 is 0 Å². The molecule has 0 amide bonds. The van der Waals surface area contributed by atoms with Gasteiger partial charge in [0.25, 0.3) is 0 Å². The van der Waals surface area contributed by atoms with Gasteiger partial charge in [-0.1, -0.05) is 31.2 Å². The molecule has 4 nitrogen and oxygen atoms in total. The zero-order chi connectivity index (χ0) is 16.7. The quantitative estimate of drug-likeness (QED) is 0.786. The van der Waals surface area contributed by atoms with Crippen LogP contribution in [0.1, 0.15) is 29.7 Å². The first-order chi connectivity index (χ1) is 11.2. The van der Waals surface area contributed by atoms with Gasteiger partial charge < -0.3 is 19.9 Å². The molecule has 1 unspecified atom stereocenters. The van der Waals surface area contributed by atoms with Crippen LogP contribution < -0.4 is 14.8 Å². The maximum absolute atomic E-state index is 9.67. The van der Waals surface area contributed by atoms with Crippen LogP contribution in [0.15, 0.2) is 42.5 Å². The van der Waals surface area contributed by atoms with Gasteiger partial charge >= 0.3 is 0 Å². The standard InChI is InChI=1S/C19H25NO3/c1-4-14-5-7-16(8-6-14)19(13-21)20-12-15-9-17(22-2)11-18(10-15)23-3/h5-11,19-21H,4,12-13H2,1-3H3. The van der Waals surface area contributed by atoms with Crippen molar-refractivity contribution in [2.24, 2.45) is 0 Å². The Morgan fingerprint density at radius 2 is 1.57 bits per heavy atom. The predicted molar refractivity (Wildman–Crippen MR) is 92.0 cm³/mol. The lowest BCUT2D eigenvalue weighted by Crippen LogP contribution is -2.24. The summed E-state index contributed by atoms with van der Waals surface area (Å²) in [5, 5.41) is 13.1. The molecule has 0 aliphatic carbocycles. The summed E-state index contributed by atoms with van der Waals surface area (Å²) < 4.78 is 10.6. The van der Waals surface area contributed by atoms with Gasteiger partial charge in [0.2, 0.25) is 0 Å². The lowest BCUT2D eigenvalue weighted by atomic mass is 10.0. The molecule has 0 radical (unpaired) electrons. The molecular formula is C19H25NO3.